The number of azo groups is 1. The highest BCUT2D eigenvalue weighted by atomic mass is 32.2. The minimum Gasteiger partial charge on any atom is -0.398 e. The van der Waals surface area contributed by atoms with Crippen LogP contribution in [0.4, 0.5) is 17.1 Å². The number of hydrogen-bond acceptors (Lipinski definition) is 10. The molecule has 0 atom stereocenters. The Morgan fingerprint density at radius 2 is 1.30 bits per heavy atom. The van der Waals surface area contributed by atoms with Gasteiger partial charge < -0.3 is 9.92 Å². The van der Waals surface area contributed by atoms with Crippen LogP contribution in [0.3, 0.4) is 0 Å². The first kappa shape index (κ1) is 26.2. The van der Waals surface area contributed by atoms with Crippen LogP contribution in [0.15, 0.2) is 104 Å². The second-order valence-electron chi connectivity index (χ2n) is 7.51. The van der Waals surface area contributed by atoms with Crippen molar-refractivity contribution in [2.45, 2.75) is 14.7 Å². The van der Waals surface area contributed by atoms with Gasteiger partial charge in [0.15, 0.2) is 5.75 Å². The SMILES string of the molecule is Nc1ccc(N=Nc2ccc(S(=O)(=O)O)cc2)c2cc(S(=O)(=O)O)cc(OS(=O)(=O)c3ccccc3)c12. The Morgan fingerprint density at radius 1 is 0.676 bits per heavy atom. The number of nitrogens with two attached hydrogens (primary N) is 1. The van der Waals surface area contributed by atoms with Gasteiger partial charge in [0.05, 0.1) is 26.6 Å². The Labute approximate surface area is 211 Å². The highest BCUT2D eigenvalue weighted by Crippen LogP contribution is 2.40. The van der Waals surface area contributed by atoms with Crippen LogP contribution in [-0.2, 0) is 30.4 Å². The first-order valence-electron chi connectivity index (χ1n) is 10.1. The molecule has 0 bridgehead atoms. The largest absolute Gasteiger partial charge is 0.398 e. The molecule has 0 heterocycles. The first-order valence-corrected chi connectivity index (χ1v) is 14.4. The maximum absolute atomic E-state index is 12.8. The molecule has 12 nitrogen and oxygen atoms in total. The lowest BCUT2D eigenvalue weighted by atomic mass is 10.1. The van der Waals surface area contributed by atoms with Gasteiger partial charge in [-0.15, -0.1) is 5.11 Å². The van der Waals surface area contributed by atoms with E-state index in [1.165, 1.54) is 48.5 Å². The summed E-state index contributed by atoms with van der Waals surface area (Å²) in [4.78, 5) is -1.25. The van der Waals surface area contributed by atoms with E-state index in [0.29, 0.717) is 0 Å². The molecule has 192 valence electrons. The fourth-order valence-electron chi connectivity index (χ4n) is 3.28. The highest BCUT2D eigenvalue weighted by molar-refractivity contribution is 7.87. The van der Waals surface area contributed by atoms with Crippen molar-refractivity contribution >= 4 is 58.2 Å². The number of anilines is 1. The molecule has 0 aromatic heterocycles. The standard InChI is InChI=1S/C22H17N3O9S3/c23-19-10-11-20(25-24-14-6-8-15(9-7-14)35(26,27)28)18-12-17(36(29,30)31)13-21(22(18)19)34-37(32,33)16-4-2-1-3-5-16/h1-13H,23H2,(H,26,27,28)(H,29,30,31). The summed E-state index contributed by atoms with van der Waals surface area (Å²) < 4.78 is 96.0. The van der Waals surface area contributed by atoms with Crippen molar-refractivity contribution in [3.8, 4) is 5.75 Å². The van der Waals surface area contributed by atoms with Crippen molar-refractivity contribution in [2.75, 3.05) is 5.73 Å². The zero-order valence-corrected chi connectivity index (χ0v) is 20.9. The number of rotatable bonds is 7. The smallest absolute Gasteiger partial charge is 0.339 e. The van der Waals surface area contributed by atoms with E-state index in [0.717, 1.165) is 24.3 Å². The Hall–Kier alpha value is -3.89. The summed E-state index contributed by atoms with van der Waals surface area (Å²) in [5, 5.41) is 7.98. The lowest BCUT2D eigenvalue weighted by Crippen LogP contribution is -2.11. The van der Waals surface area contributed by atoms with Crippen molar-refractivity contribution in [1.82, 2.24) is 0 Å². The predicted molar refractivity (Wildman–Crippen MR) is 133 cm³/mol. The molecule has 0 radical (unpaired) electrons. The molecule has 4 N–H and O–H groups in total. The van der Waals surface area contributed by atoms with Gasteiger partial charge in [0.25, 0.3) is 20.2 Å². The number of benzene rings is 4. The van der Waals surface area contributed by atoms with Crippen LogP contribution < -0.4 is 9.92 Å². The summed E-state index contributed by atoms with van der Waals surface area (Å²) in [5.41, 5.74) is 6.28. The zero-order valence-electron chi connectivity index (χ0n) is 18.5. The van der Waals surface area contributed by atoms with E-state index < -0.39 is 41.0 Å². The van der Waals surface area contributed by atoms with Crippen molar-refractivity contribution in [1.29, 1.82) is 0 Å². The van der Waals surface area contributed by atoms with Crippen LogP contribution >= 0.6 is 0 Å². The number of hydrogen-bond donors (Lipinski definition) is 3. The molecule has 0 aliphatic carbocycles. The molecule has 4 aromatic rings. The van der Waals surface area contributed by atoms with Crippen LogP contribution in [0.5, 0.6) is 5.75 Å². The molecule has 0 spiro atoms. The topological polar surface area (TPSA) is 203 Å². The van der Waals surface area contributed by atoms with E-state index in [-0.39, 0.29) is 37.6 Å². The summed E-state index contributed by atoms with van der Waals surface area (Å²) in [6.07, 6.45) is 0. The lowest BCUT2D eigenvalue weighted by Gasteiger charge is -2.14. The van der Waals surface area contributed by atoms with E-state index in [4.69, 9.17) is 14.5 Å². The summed E-state index contributed by atoms with van der Waals surface area (Å²) in [6, 6.07) is 16.4. The average Bonchev–Trinajstić information content (AvgIpc) is 2.83. The maximum Gasteiger partial charge on any atom is 0.339 e. The van der Waals surface area contributed by atoms with Gasteiger partial charge >= 0.3 is 10.1 Å². The van der Waals surface area contributed by atoms with E-state index in [2.05, 4.69) is 10.2 Å². The molecule has 0 aliphatic rings. The van der Waals surface area contributed by atoms with Gasteiger partial charge in [0, 0.05) is 17.1 Å². The molecular formula is C22H17N3O9S3. The third kappa shape index (κ3) is 5.76. The summed E-state index contributed by atoms with van der Waals surface area (Å²) >= 11 is 0. The molecular weight excluding hydrogens is 546 g/mol. The van der Waals surface area contributed by atoms with Crippen LogP contribution in [0, 0.1) is 0 Å². The molecule has 0 aliphatic heterocycles. The number of nitrogen functional groups attached to an aromatic ring is 1. The second-order valence-corrected chi connectivity index (χ2v) is 11.9. The van der Waals surface area contributed by atoms with Crippen LogP contribution in [0.1, 0.15) is 0 Å². The van der Waals surface area contributed by atoms with E-state index in [9.17, 15) is 29.8 Å². The molecule has 0 saturated heterocycles. The lowest BCUT2D eigenvalue weighted by molar-refractivity contribution is 0.477. The van der Waals surface area contributed by atoms with Gasteiger partial charge in [-0.05, 0) is 54.6 Å². The van der Waals surface area contributed by atoms with E-state index >= 15 is 0 Å². The third-order valence-corrected chi connectivity index (χ3v) is 7.95. The third-order valence-electron chi connectivity index (χ3n) is 5.00. The monoisotopic (exact) mass is 563 g/mol. The molecule has 37 heavy (non-hydrogen) atoms. The van der Waals surface area contributed by atoms with Gasteiger partial charge in [-0.1, -0.05) is 18.2 Å². The molecule has 0 saturated carbocycles. The quantitative estimate of drug-likeness (QED) is 0.127. The molecule has 0 unspecified atom stereocenters. The molecule has 0 amide bonds. The Kier molecular flexibility index (Phi) is 6.74. The average molecular weight is 564 g/mol. The van der Waals surface area contributed by atoms with Gasteiger partial charge in [0.2, 0.25) is 0 Å². The van der Waals surface area contributed by atoms with Gasteiger partial charge in [-0.25, -0.2) is 0 Å². The summed E-state index contributed by atoms with van der Waals surface area (Å²) in [6.45, 7) is 0. The van der Waals surface area contributed by atoms with E-state index in [1.54, 1.807) is 6.07 Å². The van der Waals surface area contributed by atoms with E-state index in [1.807, 2.05) is 0 Å². The summed E-state index contributed by atoms with van der Waals surface area (Å²) in [7, 11) is -13.7. The zero-order chi connectivity index (χ0) is 27.0. The van der Waals surface area contributed by atoms with Gasteiger partial charge in [-0.3, -0.25) is 9.11 Å². The molecule has 4 aromatic carbocycles. The normalized spacial score (nSPS) is 12.7. The fourth-order valence-corrected chi connectivity index (χ4v) is 5.24. The Morgan fingerprint density at radius 3 is 1.89 bits per heavy atom. The van der Waals surface area contributed by atoms with Gasteiger partial charge in [-0.2, -0.15) is 30.4 Å². The van der Waals surface area contributed by atoms with Crippen molar-refractivity contribution in [2.24, 2.45) is 10.2 Å². The first-order chi connectivity index (χ1) is 17.3. The number of nitrogens with zero attached hydrogens (tertiary/aromatic N) is 2. The fraction of sp³-hybridized carbons (Fsp3) is 0. The second kappa shape index (κ2) is 9.53. The minimum absolute atomic E-state index is 0.00769. The maximum atomic E-state index is 12.8. The molecule has 4 rings (SSSR count). The van der Waals surface area contributed by atoms with Crippen molar-refractivity contribution in [3.05, 3.63) is 78.9 Å². The molecule has 15 heteroatoms. The highest BCUT2D eigenvalue weighted by Gasteiger charge is 2.23. The minimum atomic E-state index is -4.82. The van der Waals surface area contributed by atoms with Crippen LogP contribution in [-0.4, -0.2) is 34.4 Å². The van der Waals surface area contributed by atoms with Crippen molar-refractivity contribution < 1.29 is 38.5 Å². The predicted octanol–water partition coefficient (Wildman–Crippen LogP) is 4.10. The van der Waals surface area contributed by atoms with Crippen molar-refractivity contribution in [3.63, 3.8) is 0 Å². The van der Waals surface area contributed by atoms with Crippen LogP contribution in [0.2, 0.25) is 0 Å². The molecule has 0 fully saturated rings. The Bertz CT molecular complexity index is 1860. The summed E-state index contributed by atoms with van der Waals surface area (Å²) in [5.74, 6) is -0.471. The Balaban J connectivity index is 1.87. The van der Waals surface area contributed by atoms with Gasteiger partial charge in [0.1, 0.15) is 4.90 Å². The number of fused-ring (bicyclic) bond motifs is 1. The van der Waals surface area contributed by atoms with Crippen LogP contribution in [0.25, 0.3) is 10.8 Å².